The molecule has 1 aromatic rings. The van der Waals surface area contributed by atoms with Crippen LogP contribution in [-0.4, -0.2) is 36.6 Å². The first-order valence-corrected chi connectivity index (χ1v) is 5.91. The van der Waals surface area contributed by atoms with Crippen molar-refractivity contribution >= 4 is 5.82 Å². The van der Waals surface area contributed by atoms with Crippen LogP contribution in [0.25, 0.3) is 0 Å². The van der Waals surface area contributed by atoms with Crippen LogP contribution in [-0.2, 0) is 6.18 Å². The third-order valence-corrected chi connectivity index (χ3v) is 3.16. The molecule has 1 atom stereocenters. The normalized spacial score (nSPS) is 21.2. The Morgan fingerprint density at radius 1 is 1.50 bits per heavy atom. The van der Waals surface area contributed by atoms with Gasteiger partial charge in [-0.1, -0.05) is 0 Å². The summed E-state index contributed by atoms with van der Waals surface area (Å²) in [6, 6.07) is 2.35. The second-order valence-electron chi connectivity index (χ2n) is 4.70. The molecule has 1 aliphatic rings. The van der Waals surface area contributed by atoms with Crippen LogP contribution < -0.4 is 5.32 Å². The van der Waals surface area contributed by atoms with E-state index in [2.05, 4.69) is 15.2 Å². The van der Waals surface area contributed by atoms with Gasteiger partial charge in [0.15, 0.2) is 0 Å². The number of aromatic nitrogens is 1. The Morgan fingerprint density at radius 2 is 2.28 bits per heavy atom. The lowest BCUT2D eigenvalue weighted by atomic mass is 10.1. The van der Waals surface area contributed by atoms with Crippen LogP contribution in [0.5, 0.6) is 0 Å². The zero-order chi connectivity index (χ0) is 13.2. The largest absolute Gasteiger partial charge is 0.419 e. The van der Waals surface area contributed by atoms with Crippen molar-refractivity contribution in [2.75, 3.05) is 32.0 Å². The minimum absolute atomic E-state index is 0.0699. The maximum Gasteiger partial charge on any atom is 0.419 e. The van der Waals surface area contributed by atoms with E-state index in [-0.39, 0.29) is 5.82 Å². The van der Waals surface area contributed by atoms with E-state index in [1.165, 1.54) is 12.3 Å². The Labute approximate surface area is 104 Å². The van der Waals surface area contributed by atoms with Crippen molar-refractivity contribution in [3.8, 4) is 0 Å². The van der Waals surface area contributed by atoms with E-state index in [1.54, 1.807) is 0 Å². The van der Waals surface area contributed by atoms with E-state index < -0.39 is 11.7 Å². The fourth-order valence-corrected chi connectivity index (χ4v) is 2.21. The van der Waals surface area contributed by atoms with Crippen molar-refractivity contribution in [2.24, 2.45) is 5.92 Å². The molecule has 0 amide bonds. The quantitative estimate of drug-likeness (QED) is 0.903. The fourth-order valence-electron chi connectivity index (χ4n) is 2.21. The van der Waals surface area contributed by atoms with Gasteiger partial charge in [0.25, 0.3) is 0 Å². The highest BCUT2D eigenvalue weighted by Gasteiger charge is 2.34. The number of alkyl halides is 3. The van der Waals surface area contributed by atoms with Gasteiger partial charge >= 0.3 is 6.18 Å². The molecule has 1 aliphatic heterocycles. The first kappa shape index (κ1) is 13.1. The van der Waals surface area contributed by atoms with E-state index in [0.29, 0.717) is 12.5 Å². The highest BCUT2D eigenvalue weighted by atomic mass is 19.4. The number of nitrogens with zero attached hydrogens (tertiary/aromatic N) is 2. The molecule has 0 bridgehead atoms. The first-order chi connectivity index (χ1) is 8.47. The van der Waals surface area contributed by atoms with Gasteiger partial charge in [0.1, 0.15) is 5.82 Å². The SMILES string of the molecule is CN1CCC(CNc2ncccc2C(F)(F)F)C1. The number of rotatable bonds is 3. The number of hydrogen-bond donors (Lipinski definition) is 1. The van der Waals surface area contributed by atoms with Gasteiger partial charge in [0.2, 0.25) is 0 Å². The van der Waals surface area contributed by atoms with Crippen LogP contribution in [0, 0.1) is 5.92 Å². The van der Waals surface area contributed by atoms with Crippen LogP contribution in [0.1, 0.15) is 12.0 Å². The molecule has 18 heavy (non-hydrogen) atoms. The number of likely N-dealkylation sites (tertiary alicyclic amines) is 1. The Morgan fingerprint density at radius 3 is 2.89 bits per heavy atom. The number of hydrogen-bond acceptors (Lipinski definition) is 3. The van der Waals surface area contributed by atoms with Gasteiger partial charge in [-0.15, -0.1) is 0 Å². The summed E-state index contributed by atoms with van der Waals surface area (Å²) in [6.45, 7) is 2.45. The molecular formula is C12H16F3N3. The summed E-state index contributed by atoms with van der Waals surface area (Å²) < 4.78 is 38.2. The maximum absolute atomic E-state index is 12.7. The van der Waals surface area contributed by atoms with E-state index in [0.717, 1.165) is 25.6 Å². The number of anilines is 1. The summed E-state index contributed by atoms with van der Waals surface area (Å²) in [4.78, 5) is 5.96. The fraction of sp³-hybridized carbons (Fsp3) is 0.583. The third-order valence-electron chi connectivity index (χ3n) is 3.16. The standard InChI is InChI=1S/C12H16F3N3/c1-18-6-4-9(8-18)7-17-11-10(12(13,14)15)3-2-5-16-11/h2-3,5,9H,4,6-8H2,1H3,(H,16,17). The third kappa shape index (κ3) is 3.13. The second kappa shape index (κ2) is 5.14. The van der Waals surface area contributed by atoms with Crippen molar-refractivity contribution < 1.29 is 13.2 Å². The van der Waals surface area contributed by atoms with E-state index in [4.69, 9.17) is 0 Å². The molecule has 1 N–H and O–H groups in total. The molecule has 1 saturated heterocycles. The molecule has 100 valence electrons. The molecule has 1 aromatic heterocycles. The van der Waals surface area contributed by atoms with E-state index in [9.17, 15) is 13.2 Å². The molecule has 0 aromatic carbocycles. The predicted molar refractivity (Wildman–Crippen MR) is 63.3 cm³/mol. The monoisotopic (exact) mass is 259 g/mol. The lowest BCUT2D eigenvalue weighted by Gasteiger charge is -2.15. The molecule has 1 fully saturated rings. The molecule has 1 unspecified atom stereocenters. The van der Waals surface area contributed by atoms with Gasteiger partial charge in [-0.2, -0.15) is 13.2 Å². The van der Waals surface area contributed by atoms with Gasteiger partial charge in [0.05, 0.1) is 5.56 Å². The lowest BCUT2D eigenvalue weighted by Crippen LogP contribution is -2.21. The van der Waals surface area contributed by atoms with Crippen molar-refractivity contribution in [3.63, 3.8) is 0 Å². The summed E-state index contributed by atoms with van der Waals surface area (Å²) in [5.74, 6) is 0.317. The van der Waals surface area contributed by atoms with Crippen LogP contribution >= 0.6 is 0 Å². The predicted octanol–water partition coefficient (Wildman–Crippen LogP) is 2.46. The van der Waals surface area contributed by atoms with Crippen LogP contribution in [0.2, 0.25) is 0 Å². The van der Waals surface area contributed by atoms with Crippen molar-refractivity contribution in [3.05, 3.63) is 23.9 Å². The highest BCUT2D eigenvalue weighted by molar-refractivity contribution is 5.45. The van der Waals surface area contributed by atoms with E-state index >= 15 is 0 Å². The highest BCUT2D eigenvalue weighted by Crippen LogP contribution is 2.33. The van der Waals surface area contributed by atoms with Crippen LogP contribution in [0.3, 0.4) is 0 Å². The molecular weight excluding hydrogens is 243 g/mol. The number of halogens is 3. The summed E-state index contributed by atoms with van der Waals surface area (Å²) in [5, 5.41) is 2.82. The van der Waals surface area contributed by atoms with Gasteiger partial charge in [0, 0.05) is 19.3 Å². The molecule has 2 rings (SSSR count). The molecule has 6 heteroatoms. The minimum Gasteiger partial charge on any atom is -0.369 e. The zero-order valence-electron chi connectivity index (χ0n) is 10.2. The number of nitrogens with one attached hydrogen (secondary N) is 1. The molecule has 0 aliphatic carbocycles. The second-order valence-corrected chi connectivity index (χ2v) is 4.70. The zero-order valence-corrected chi connectivity index (χ0v) is 10.2. The van der Waals surface area contributed by atoms with Crippen LogP contribution in [0.4, 0.5) is 19.0 Å². The van der Waals surface area contributed by atoms with Crippen molar-refractivity contribution in [2.45, 2.75) is 12.6 Å². The Bertz CT molecular complexity index is 406. The Balaban J connectivity index is 2.01. The average Bonchev–Trinajstić information content (AvgIpc) is 2.72. The molecule has 3 nitrogen and oxygen atoms in total. The van der Waals surface area contributed by atoms with E-state index in [1.807, 2.05) is 7.05 Å². The van der Waals surface area contributed by atoms with Crippen molar-refractivity contribution in [1.82, 2.24) is 9.88 Å². The van der Waals surface area contributed by atoms with Crippen molar-refractivity contribution in [1.29, 1.82) is 0 Å². The summed E-state index contributed by atoms with van der Waals surface area (Å²) in [5.41, 5.74) is -0.698. The summed E-state index contributed by atoms with van der Waals surface area (Å²) in [6.07, 6.45) is -1.97. The van der Waals surface area contributed by atoms with Gasteiger partial charge in [-0.3, -0.25) is 0 Å². The van der Waals surface area contributed by atoms with Gasteiger partial charge in [-0.05, 0) is 38.1 Å². The molecule has 0 spiro atoms. The molecule has 0 saturated carbocycles. The Hall–Kier alpha value is -1.30. The maximum atomic E-state index is 12.7. The minimum atomic E-state index is -4.36. The van der Waals surface area contributed by atoms with Gasteiger partial charge < -0.3 is 10.2 Å². The summed E-state index contributed by atoms with van der Waals surface area (Å²) >= 11 is 0. The van der Waals surface area contributed by atoms with Gasteiger partial charge in [-0.25, -0.2) is 4.98 Å². The summed E-state index contributed by atoms with van der Waals surface area (Å²) in [7, 11) is 2.02. The average molecular weight is 259 g/mol. The molecule has 2 heterocycles. The topological polar surface area (TPSA) is 28.2 Å². The molecule has 0 radical (unpaired) electrons. The van der Waals surface area contributed by atoms with Crippen LogP contribution in [0.15, 0.2) is 18.3 Å². The first-order valence-electron chi connectivity index (χ1n) is 5.91. The Kier molecular flexibility index (Phi) is 3.75. The number of pyridine rings is 1. The smallest absolute Gasteiger partial charge is 0.369 e. The lowest BCUT2D eigenvalue weighted by molar-refractivity contribution is -0.137.